The Hall–Kier alpha value is -0.680. The summed E-state index contributed by atoms with van der Waals surface area (Å²) in [6, 6.07) is 0.396. The maximum absolute atomic E-state index is 5.52. The first-order chi connectivity index (χ1) is 5.36. The Morgan fingerprint density at radius 2 is 2.50 bits per heavy atom. The first kappa shape index (κ1) is 9.41. The van der Waals surface area contributed by atoms with Crippen molar-refractivity contribution in [1.82, 2.24) is 9.78 Å². The lowest BCUT2D eigenvalue weighted by Gasteiger charge is -2.06. The van der Waals surface area contributed by atoms with E-state index in [9.17, 15) is 0 Å². The zero-order valence-corrected chi connectivity index (χ0v) is 7.73. The number of rotatable bonds is 1. The van der Waals surface area contributed by atoms with Gasteiger partial charge in [0, 0.05) is 12.8 Å². The molecule has 0 radical (unpaired) electrons. The van der Waals surface area contributed by atoms with Crippen LogP contribution in [0, 0.1) is 0 Å². The number of hydrogen-bond acceptors (Lipinski definition) is 3. The highest BCUT2D eigenvalue weighted by Crippen LogP contribution is 2.18. The summed E-state index contributed by atoms with van der Waals surface area (Å²) in [6.07, 6.45) is 4.55. The van der Waals surface area contributed by atoms with Gasteiger partial charge in [0.2, 0.25) is 0 Å². The molecule has 1 aliphatic rings. The number of nitrogens with zero attached hydrogens (tertiary/aromatic N) is 2. The number of aromatic nitrogens is 2. The van der Waals surface area contributed by atoms with E-state index in [0.29, 0.717) is 6.04 Å². The van der Waals surface area contributed by atoms with Crippen LogP contribution in [-0.4, -0.2) is 23.0 Å². The van der Waals surface area contributed by atoms with E-state index in [-0.39, 0.29) is 13.5 Å². The van der Waals surface area contributed by atoms with Crippen molar-refractivity contribution in [1.29, 1.82) is 0 Å². The van der Waals surface area contributed by atoms with Gasteiger partial charge in [-0.2, -0.15) is 18.6 Å². The Bertz CT molecular complexity index is 245. The molecular formula is C7H13N3OS. The van der Waals surface area contributed by atoms with E-state index in [1.807, 2.05) is 10.9 Å². The van der Waals surface area contributed by atoms with Crippen molar-refractivity contribution in [2.24, 2.45) is 0 Å². The summed E-state index contributed by atoms with van der Waals surface area (Å²) in [5, 5.41) is 4.11. The molecule has 1 aromatic heterocycles. The van der Waals surface area contributed by atoms with Crippen molar-refractivity contribution >= 4 is 19.2 Å². The van der Waals surface area contributed by atoms with Gasteiger partial charge in [-0.3, -0.25) is 4.68 Å². The van der Waals surface area contributed by atoms with Gasteiger partial charge in [0.05, 0.1) is 24.5 Å². The number of ether oxygens (including phenoxy) is 1. The van der Waals surface area contributed by atoms with E-state index in [4.69, 9.17) is 10.5 Å². The molecule has 68 valence electrons. The Balaban J connectivity index is 0.000000720. The molecule has 1 fully saturated rings. The second-order valence-corrected chi connectivity index (χ2v) is 2.77. The van der Waals surface area contributed by atoms with Gasteiger partial charge < -0.3 is 10.5 Å². The fourth-order valence-corrected chi connectivity index (χ4v) is 1.28. The van der Waals surface area contributed by atoms with Gasteiger partial charge in [-0.25, -0.2) is 0 Å². The minimum absolute atomic E-state index is 0. The Kier molecular flexibility index (Phi) is 2.99. The van der Waals surface area contributed by atoms with Gasteiger partial charge in [0.1, 0.15) is 0 Å². The molecular weight excluding hydrogens is 174 g/mol. The zero-order valence-electron chi connectivity index (χ0n) is 6.73. The van der Waals surface area contributed by atoms with Crippen molar-refractivity contribution in [3.8, 4) is 0 Å². The van der Waals surface area contributed by atoms with E-state index >= 15 is 0 Å². The monoisotopic (exact) mass is 187 g/mol. The fraction of sp³-hybridized carbons (Fsp3) is 0.571. The van der Waals surface area contributed by atoms with Crippen LogP contribution in [0.15, 0.2) is 12.4 Å². The standard InChI is InChI=1S/C7H11N3O.H2S/c8-6-3-9-10(4-6)7-1-2-11-5-7;/h3-4,7H,1-2,5,8H2;1H2/t7-;/m0./s1. The first-order valence-electron chi connectivity index (χ1n) is 3.73. The van der Waals surface area contributed by atoms with Gasteiger partial charge in [-0.15, -0.1) is 0 Å². The number of nitrogens with two attached hydrogens (primary N) is 1. The molecule has 0 saturated carbocycles. The lowest BCUT2D eigenvalue weighted by atomic mass is 10.3. The van der Waals surface area contributed by atoms with Crippen LogP contribution in [0.1, 0.15) is 12.5 Å². The summed E-state index contributed by atoms with van der Waals surface area (Å²) in [5.41, 5.74) is 6.24. The van der Waals surface area contributed by atoms with E-state index in [1.54, 1.807) is 6.20 Å². The van der Waals surface area contributed by atoms with Crippen molar-refractivity contribution in [3.63, 3.8) is 0 Å². The summed E-state index contributed by atoms with van der Waals surface area (Å²) < 4.78 is 7.10. The third kappa shape index (κ3) is 1.73. The average Bonchev–Trinajstić information content (AvgIpc) is 2.55. The van der Waals surface area contributed by atoms with Crippen molar-refractivity contribution in [2.75, 3.05) is 18.9 Å². The largest absolute Gasteiger partial charge is 0.396 e. The third-order valence-electron chi connectivity index (χ3n) is 1.90. The molecule has 0 spiro atoms. The van der Waals surface area contributed by atoms with E-state index in [2.05, 4.69) is 5.10 Å². The van der Waals surface area contributed by atoms with Gasteiger partial charge in [0.25, 0.3) is 0 Å². The molecule has 0 amide bonds. The molecule has 4 nitrogen and oxygen atoms in total. The minimum Gasteiger partial charge on any atom is -0.396 e. The van der Waals surface area contributed by atoms with Crippen molar-refractivity contribution in [3.05, 3.63) is 12.4 Å². The summed E-state index contributed by atoms with van der Waals surface area (Å²) >= 11 is 0. The highest BCUT2D eigenvalue weighted by molar-refractivity contribution is 7.59. The van der Waals surface area contributed by atoms with Crippen molar-refractivity contribution in [2.45, 2.75) is 12.5 Å². The predicted octanol–water partition coefficient (Wildman–Crippen LogP) is 0.539. The van der Waals surface area contributed by atoms with E-state index in [0.717, 1.165) is 25.3 Å². The topological polar surface area (TPSA) is 53.1 Å². The molecule has 1 atom stereocenters. The third-order valence-corrected chi connectivity index (χ3v) is 1.90. The van der Waals surface area contributed by atoms with Crippen molar-refractivity contribution < 1.29 is 4.74 Å². The quantitative estimate of drug-likeness (QED) is 0.698. The molecule has 1 aliphatic heterocycles. The van der Waals surface area contributed by atoms with Crippen LogP contribution in [-0.2, 0) is 4.74 Å². The van der Waals surface area contributed by atoms with Crippen LogP contribution in [0.3, 0.4) is 0 Å². The maximum atomic E-state index is 5.52. The van der Waals surface area contributed by atoms with Gasteiger partial charge in [-0.05, 0) is 6.42 Å². The van der Waals surface area contributed by atoms with Gasteiger partial charge >= 0.3 is 0 Å². The van der Waals surface area contributed by atoms with Gasteiger partial charge in [-0.1, -0.05) is 0 Å². The maximum Gasteiger partial charge on any atom is 0.0775 e. The molecule has 2 heterocycles. The van der Waals surface area contributed by atoms with Gasteiger partial charge in [0.15, 0.2) is 0 Å². The Labute approximate surface area is 78.1 Å². The number of hydrogen-bond donors (Lipinski definition) is 1. The highest BCUT2D eigenvalue weighted by Gasteiger charge is 2.17. The van der Waals surface area contributed by atoms with Crippen LogP contribution in [0.5, 0.6) is 0 Å². The number of anilines is 1. The smallest absolute Gasteiger partial charge is 0.0775 e. The molecule has 0 aromatic carbocycles. The van der Waals surface area contributed by atoms with Crippen LogP contribution in [0.25, 0.3) is 0 Å². The van der Waals surface area contributed by atoms with E-state index in [1.165, 1.54) is 0 Å². The second-order valence-electron chi connectivity index (χ2n) is 2.77. The summed E-state index contributed by atoms with van der Waals surface area (Å²) in [7, 11) is 0. The summed E-state index contributed by atoms with van der Waals surface area (Å²) in [5.74, 6) is 0. The lowest BCUT2D eigenvalue weighted by molar-refractivity contribution is 0.184. The molecule has 0 bridgehead atoms. The molecule has 5 heteroatoms. The molecule has 2 rings (SSSR count). The Morgan fingerprint density at radius 1 is 1.67 bits per heavy atom. The van der Waals surface area contributed by atoms with Crippen LogP contribution < -0.4 is 5.73 Å². The first-order valence-corrected chi connectivity index (χ1v) is 3.73. The van der Waals surface area contributed by atoms with Crippen LogP contribution >= 0.6 is 13.5 Å². The molecule has 0 unspecified atom stereocenters. The summed E-state index contributed by atoms with van der Waals surface area (Å²) in [4.78, 5) is 0. The summed E-state index contributed by atoms with van der Waals surface area (Å²) in [6.45, 7) is 1.60. The second kappa shape index (κ2) is 3.82. The fourth-order valence-electron chi connectivity index (χ4n) is 1.28. The predicted molar refractivity (Wildman–Crippen MR) is 51.5 cm³/mol. The molecule has 12 heavy (non-hydrogen) atoms. The van der Waals surface area contributed by atoms with Crippen LogP contribution in [0.2, 0.25) is 0 Å². The zero-order chi connectivity index (χ0) is 7.68. The molecule has 2 N–H and O–H groups in total. The van der Waals surface area contributed by atoms with Crippen LogP contribution in [0.4, 0.5) is 5.69 Å². The minimum atomic E-state index is 0. The molecule has 1 aromatic rings. The Morgan fingerprint density at radius 3 is 3.00 bits per heavy atom. The van der Waals surface area contributed by atoms with E-state index < -0.39 is 0 Å². The normalized spacial score (nSPS) is 22.2. The SMILES string of the molecule is Nc1cnn([C@H]2CCOC2)c1.S. The highest BCUT2D eigenvalue weighted by atomic mass is 32.1. The number of nitrogen functional groups attached to an aromatic ring is 1. The lowest BCUT2D eigenvalue weighted by Crippen LogP contribution is -2.08. The average molecular weight is 187 g/mol. The molecule has 0 aliphatic carbocycles. The molecule has 1 saturated heterocycles.